The van der Waals surface area contributed by atoms with E-state index in [1.807, 2.05) is 19.3 Å². The summed E-state index contributed by atoms with van der Waals surface area (Å²) in [5, 5.41) is 7.14. The molecule has 3 heterocycles. The molecule has 1 fully saturated rings. The van der Waals surface area contributed by atoms with Gasteiger partial charge in [-0.2, -0.15) is 5.10 Å². The fourth-order valence-electron chi connectivity index (χ4n) is 2.71. The summed E-state index contributed by atoms with van der Waals surface area (Å²) >= 11 is 0. The molecule has 2 aromatic heterocycles. The van der Waals surface area contributed by atoms with Crippen LogP contribution in [0.25, 0.3) is 0 Å². The lowest BCUT2D eigenvalue weighted by molar-refractivity contribution is 0.194. The Kier molecular flexibility index (Phi) is 3.15. The van der Waals surface area contributed by atoms with E-state index in [1.165, 1.54) is 18.5 Å². The number of hydrogen-bond acceptors (Lipinski definition) is 3. The van der Waals surface area contributed by atoms with Gasteiger partial charge in [0.2, 0.25) is 0 Å². The number of piperidine rings is 1. The zero-order chi connectivity index (χ0) is 12.4. The number of aromatic nitrogens is 4. The predicted octanol–water partition coefficient (Wildman–Crippen LogP) is 1.82. The molecule has 0 spiro atoms. The summed E-state index contributed by atoms with van der Waals surface area (Å²) in [4.78, 5) is 10.1. The first-order chi connectivity index (χ1) is 8.81. The van der Waals surface area contributed by atoms with E-state index in [2.05, 4.69) is 31.1 Å². The maximum Gasteiger partial charge on any atom is 0.120 e. The summed E-state index contributed by atoms with van der Waals surface area (Å²) in [5.74, 6) is 1.65. The number of imidazole rings is 1. The van der Waals surface area contributed by atoms with Crippen LogP contribution in [0, 0.1) is 6.92 Å². The second-order valence-corrected chi connectivity index (χ2v) is 5.10. The molecular weight excluding hydrogens is 226 g/mol. The number of H-pyrrole nitrogens is 2. The average molecular weight is 245 g/mol. The van der Waals surface area contributed by atoms with Crippen molar-refractivity contribution in [1.82, 2.24) is 25.1 Å². The van der Waals surface area contributed by atoms with E-state index in [9.17, 15) is 0 Å². The van der Waals surface area contributed by atoms with Gasteiger partial charge >= 0.3 is 0 Å². The topological polar surface area (TPSA) is 60.6 Å². The van der Waals surface area contributed by atoms with Gasteiger partial charge in [-0.15, -0.1) is 0 Å². The molecule has 1 unspecified atom stereocenters. The summed E-state index contributed by atoms with van der Waals surface area (Å²) in [6.07, 6.45) is 6.22. The Balaban J connectivity index is 1.63. The minimum atomic E-state index is 0.581. The van der Waals surface area contributed by atoms with Crippen LogP contribution in [0.3, 0.4) is 0 Å². The molecule has 2 N–H and O–H groups in total. The van der Waals surface area contributed by atoms with Crippen LogP contribution in [0.4, 0.5) is 0 Å². The SMILES string of the molecule is Cc1cnc(CN2CCCC(c3ccn[nH]3)C2)[nH]1. The number of rotatable bonds is 3. The number of aryl methyl sites for hydroxylation is 1. The first kappa shape index (κ1) is 11.5. The van der Waals surface area contributed by atoms with E-state index in [0.717, 1.165) is 31.2 Å². The summed E-state index contributed by atoms with van der Waals surface area (Å²) in [6, 6.07) is 2.09. The average Bonchev–Trinajstić information content (AvgIpc) is 3.01. The van der Waals surface area contributed by atoms with Gasteiger partial charge in [-0.1, -0.05) is 0 Å². The molecule has 0 bridgehead atoms. The van der Waals surface area contributed by atoms with E-state index in [1.54, 1.807) is 0 Å². The maximum absolute atomic E-state index is 4.38. The van der Waals surface area contributed by atoms with Crippen molar-refractivity contribution in [2.45, 2.75) is 32.2 Å². The van der Waals surface area contributed by atoms with Gasteiger partial charge < -0.3 is 4.98 Å². The molecule has 0 radical (unpaired) electrons. The van der Waals surface area contributed by atoms with Gasteiger partial charge in [0.1, 0.15) is 5.82 Å². The van der Waals surface area contributed by atoms with Gasteiger partial charge in [0.05, 0.1) is 6.54 Å². The third-order valence-corrected chi connectivity index (χ3v) is 3.60. The minimum Gasteiger partial charge on any atom is -0.345 e. The van der Waals surface area contributed by atoms with Crippen molar-refractivity contribution in [3.63, 3.8) is 0 Å². The number of nitrogens with zero attached hydrogens (tertiary/aromatic N) is 3. The molecular formula is C13H19N5. The third kappa shape index (κ3) is 2.46. The van der Waals surface area contributed by atoms with Crippen LogP contribution >= 0.6 is 0 Å². The lowest BCUT2D eigenvalue weighted by Crippen LogP contribution is -2.34. The van der Waals surface area contributed by atoms with Gasteiger partial charge in [0, 0.05) is 36.2 Å². The fraction of sp³-hybridized carbons (Fsp3) is 0.538. The first-order valence-electron chi connectivity index (χ1n) is 6.53. The fourth-order valence-corrected chi connectivity index (χ4v) is 2.71. The van der Waals surface area contributed by atoms with Gasteiger partial charge in [-0.05, 0) is 32.4 Å². The van der Waals surface area contributed by atoms with E-state index in [4.69, 9.17) is 0 Å². The number of nitrogens with one attached hydrogen (secondary N) is 2. The maximum atomic E-state index is 4.38. The normalized spacial score (nSPS) is 21.3. The van der Waals surface area contributed by atoms with E-state index >= 15 is 0 Å². The molecule has 96 valence electrons. The van der Waals surface area contributed by atoms with E-state index in [-0.39, 0.29) is 0 Å². The molecule has 0 aromatic carbocycles. The molecule has 2 aromatic rings. The second-order valence-electron chi connectivity index (χ2n) is 5.10. The van der Waals surface area contributed by atoms with Gasteiger partial charge in [0.25, 0.3) is 0 Å². The van der Waals surface area contributed by atoms with Crippen molar-refractivity contribution in [3.8, 4) is 0 Å². The Labute approximate surface area is 107 Å². The van der Waals surface area contributed by atoms with Gasteiger partial charge in [-0.25, -0.2) is 4.98 Å². The molecule has 0 aliphatic carbocycles. The lowest BCUT2D eigenvalue weighted by atomic mass is 9.95. The molecule has 1 saturated heterocycles. The molecule has 1 aliphatic rings. The second kappa shape index (κ2) is 4.94. The van der Waals surface area contributed by atoms with Crippen LogP contribution < -0.4 is 0 Å². The van der Waals surface area contributed by atoms with Crippen molar-refractivity contribution < 1.29 is 0 Å². The molecule has 5 nitrogen and oxygen atoms in total. The Morgan fingerprint density at radius 3 is 3.17 bits per heavy atom. The zero-order valence-electron chi connectivity index (χ0n) is 10.7. The van der Waals surface area contributed by atoms with E-state index in [0.29, 0.717) is 5.92 Å². The highest BCUT2D eigenvalue weighted by molar-refractivity contribution is 5.08. The van der Waals surface area contributed by atoms with Crippen LogP contribution in [-0.2, 0) is 6.54 Å². The standard InChI is InChI=1S/C13H19N5/c1-10-7-14-13(16-10)9-18-6-2-3-11(8-18)12-4-5-15-17-12/h4-5,7,11H,2-3,6,8-9H2,1H3,(H,14,16)(H,15,17). The quantitative estimate of drug-likeness (QED) is 0.867. The number of hydrogen-bond donors (Lipinski definition) is 2. The van der Waals surface area contributed by atoms with Crippen molar-refractivity contribution >= 4 is 0 Å². The third-order valence-electron chi connectivity index (χ3n) is 3.60. The molecule has 3 rings (SSSR count). The predicted molar refractivity (Wildman–Crippen MR) is 69.2 cm³/mol. The molecule has 1 atom stereocenters. The minimum absolute atomic E-state index is 0.581. The summed E-state index contributed by atoms with van der Waals surface area (Å²) in [5.41, 5.74) is 2.39. The smallest absolute Gasteiger partial charge is 0.120 e. The summed E-state index contributed by atoms with van der Waals surface area (Å²) < 4.78 is 0. The number of aromatic amines is 2. The van der Waals surface area contributed by atoms with Gasteiger partial charge in [-0.3, -0.25) is 10.00 Å². The molecule has 0 saturated carbocycles. The Bertz CT molecular complexity index is 487. The largest absolute Gasteiger partial charge is 0.345 e. The van der Waals surface area contributed by atoms with Crippen molar-refractivity contribution in [1.29, 1.82) is 0 Å². The molecule has 0 amide bonds. The number of likely N-dealkylation sites (tertiary alicyclic amines) is 1. The molecule has 18 heavy (non-hydrogen) atoms. The van der Waals surface area contributed by atoms with Crippen LogP contribution in [0.2, 0.25) is 0 Å². The molecule has 5 heteroatoms. The van der Waals surface area contributed by atoms with E-state index < -0.39 is 0 Å². The highest BCUT2D eigenvalue weighted by Crippen LogP contribution is 2.25. The van der Waals surface area contributed by atoms with Crippen LogP contribution in [0.5, 0.6) is 0 Å². The Morgan fingerprint density at radius 1 is 1.50 bits per heavy atom. The van der Waals surface area contributed by atoms with Crippen LogP contribution in [0.1, 0.15) is 36.0 Å². The van der Waals surface area contributed by atoms with Crippen LogP contribution in [-0.4, -0.2) is 38.2 Å². The van der Waals surface area contributed by atoms with Crippen molar-refractivity contribution in [2.24, 2.45) is 0 Å². The van der Waals surface area contributed by atoms with Gasteiger partial charge in [0.15, 0.2) is 0 Å². The summed E-state index contributed by atoms with van der Waals surface area (Å²) in [7, 11) is 0. The first-order valence-corrected chi connectivity index (χ1v) is 6.53. The van der Waals surface area contributed by atoms with Crippen LogP contribution in [0.15, 0.2) is 18.5 Å². The lowest BCUT2D eigenvalue weighted by Gasteiger charge is -2.31. The Morgan fingerprint density at radius 2 is 2.44 bits per heavy atom. The highest BCUT2D eigenvalue weighted by atomic mass is 15.2. The van der Waals surface area contributed by atoms with Crippen molar-refractivity contribution in [3.05, 3.63) is 35.7 Å². The van der Waals surface area contributed by atoms with Crippen molar-refractivity contribution in [2.75, 3.05) is 13.1 Å². The highest BCUT2D eigenvalue weighted by Gasteiger charge is 2.22. The molecule has 1 aliphatic heterocycles. The summed E-state index contributed by atoms with van der Waals surface area (Å²) in [6.45, 7) is 5.20. The zero-order valence-corrected chi connectivity index (χ0v) is 10.7. The monoisotopic (exact) mass is 245 g/mol. The Hall–Kier alpha value is -1.62.